The molecule has 1 amide bonds. The molecule has 25 heavy (non-hydrogen) atoms. The minimum atomic E-state index is -0.664. The maximum atomic E-state index is 13.9. The summed E-state index contributed by atoms with van der Waals surface area (Å²) in [6.45, 7) is 0.483. The van der Waals surface area contributed by atoms with E-state index >= 15 is 0 Å². The van der Waals surface area contributed by atoms with Crippen LogP contribution < -0.4 is 10.8 Å². The minimum absolute atomic E-state index is 0.110. The average Bonchev–Trinajstić information content (AvgIpc) is 2.57. The SMILES string of the molecule is COCCONC(=O)c1cc(Cl)c(F)cc1Nc1ccc(I)cc1Cl. The topological polar surface area (TPSA) is 59.6 Å². The van der Waals surface area contributed by atoms with E-state index in [1.165, 1.54) is 13.2 Å². The first-order chi connectivity index (χ1) is 11.9. The van der Waals surface area contributed by atoms with Crippen molar-refractivity contribution in [2.75, 3.05) is 25.6 Å². The summed E-state index contributed by atoms with van der Waals surface area (Å²) >= 11 is 14.1. The molecule has 0 unspecified atom stereocenters. The van der Waals surface area contributed by atoms with E-state index in [1.54, 1.807) is 12.1 Å². The maximum Gasteiger partial charge on any atom is 0.277 e. The van der Waals surface area contributed by atoms with Crippen molar-refractivity contribution in [1.29, 1.82) is 0 Å². The van der Waals surface area contributed by atoms with Gasteiger partial charge in [-0.3, -0.25) is 9.63 Å². The van der Waals surface area contributed by atoms with Gasteiger partial charge in [0, 0.05) is 10.7 Å². The van der Waals surface area contributed by atoms with Crippen molar-refractivity contribution in [1.82, 2.24) is 5.48 Å². The lowest BCUT2D eigenvalue weighted by Crippen LogP contribution is -2.26. The molecule has 9 heteroatoms. The number of halogens is 4. The van der Waals surface area contributed by atoms with Crippen LogP contribution in [0.3, 0.4) is 0 Å². The van der Waals surface area contributed by atoms with Gasteiger partial charge in [0.1, 0.15) is 5.82 Å². The van der Waals surface area contributed by atoms with Gasteiger partial charge in [-0.15, -0.1) is 0 Å². The molecule has 2 aromatic rings. The predicted molar refractivity (Wildman–Crippen MR) is 104 cm³/mol. The third-order valence-corrected chi connectivity index (χ3v) is 4.33. The Balaban J connectivity index is 2.26. The second-order valence-electron chi connectivity index (χ2n) is 4.83. The molecule has 0 spiro atoms. The molecule has 0 aromatic heterocycles. The molecule has 134 valence electrons. The van der Waals surface area contributed by atoms with Crippen molar-refractivity contribution in [3.8, 4) is 0 Å². The number of anilines is 2. The van der Waals surface area contributed by atoms with Crippen molar-refractivity contribution in [2.45, 2.75) is 0 Å². The standard InChI is InChI=1S/C16H14Cl2FIN2O3/c1-24-4-5-25-22-16(23)10-7-11(17)13(19)8-15(10)21-14-3-2-9(20)6-12(14)18/h2-3,6-8,21H,4-5H2,1H3,(H,22,23). The molecule has 0 saturated heterocycles. The number of benzene rings is 2. The van der Waals surface area contributed by atoms with Gasteiger partial charge in [-0.05, 0) is 52.9 Å². The number of hydrogen-bond acceptors (Lipinski definition) is 4. The van der Waals surface area contributed by atoms with E-state index in [0.29, 0.717) is 17.3 Å². The Bertz CT molecular complexity index is 777. The van der Waals surface area contributed by atoms with E-state index in [-0.39, 0.29) is 22.9 Å². The van der Waals surface area contributed by atoms with Crippen LogP contribution in [0.5, 0.6) is 0 Å². The number of nitrogens with one attached hydrogen (secondary N) is 2. The lowest BCUT2D eigenvalue weighted by Gasteiger charge is -2.14. The summed E-state index contributed by atoms with van der Waals surface area (Å²) < 4.78 is 19.6. The molecule has 0 saturated carbocycles. The molecule has 2 rings (SSSR count). The smallest absolute Gasteiger partial charge is 0.277 e. The van der Waals surface area contributed by atoms with Crippen LogP contribution in [0.1, 0.15) is 10.4 Å². The van der Waals surface area contributed by atoms with Crippen molar-refractivity contribution in [3.05, 3.63) is 55.3 Å². The van der Waals surface area contributed by atoms with Crippen LogP contribution in [0.15, 0.2) is 30.3 Å². The summed E-state index contributed by atoms with van der Waals surface area (Å²) in [6, 6.07) is 7.64. The van der Waals surface area contributed by atoms with Crippen LogP contribution >= 0.6 is 45.8 Å². The van der Waals surface area contributed by atoms with Gasteiger partial charge in [0.2, 0.25) is 0 Å². The van der Waals surface area contributed by atoms with Crippen LogP contribution in [0.25, 0.3) is 0 Å². The van der Waals surface area contributed by atoms with Gasteiger partial charge < -0.3 is 10.1 Å². The molecule has 0 aliphatic heterocycles. The summed E-state index contributed by atoms with van der Waals surface area (Å²) in [5, 5.41) is 3.20. The Morgan fingerprint density at radius 3 is 2.60 bits per heavy atom. The number of hydrogen-bond donors (Lipinski definition) is 2. The molecular weight excluding hydrogens is 485 g/mol. The molecule has 0 bridgehead atoms. The summed E-state index contributed by atoms with van der Waals surface area (Å²) in [7, 11) is 1.51. The van der Waals surface area contributed by atoms with Crippen molar-refractivity contribution >= 4 is 63.1 Å². The lowest BCUT2D eigenvalue weighted by atomic mass is 10.1. The Kier molecular flexibility index (Phi) is 7.70. The van der Waals surface area contributed by atoms with Crippen LogP contribution in [-0.4, -0.2) is 26.2 Å². The van der Waals surface area contributed by atoms with E-state index in [4.69, 9.17) is 32.8 Å². The zero-order valence-electron chi connectivity index (χ0n) is 13.0. The summed E-state index contributed by atoms with van der Waals surface area (Å²) in [5.74, 6) is -1.25. The maximum absolute atomic E-state index is 13.9. The van der Waals surface area contributed by atoms with Gasteiger partial charge in [-0.1, -0.05) is 23.2 Å². The summed E-state index contributed by atoms with van der Waals surface area (Å²) in [4.78, 5) is 17.3. The van der Waals surface area contributed by atoms with Gasteiger partial charge in [0.15, 0.2) is 0 Å². The molecule has 0 radical (unpaired) electrons. The quantitative estimate of drug-likeness (QED) is 0.327. The minimum Gasteiger partial charge on any atom is -0.382 e. The Morgan fingerprint density at radius 1 is 1.16 bits per heavy atom. The van der Waals surface area contributed by atoms with E-state index in [1.807, 2.05) is 6.07 Å². The molecule has 0 heterocycles. The third-order valence-electron chi connectivity index (χ3n) is 3.06. The molecule has 0 fully saturated rings. The Labute approximate surface area is 167 Å². The highest BCUT2D eigenvalue weighted by molar-refractivity contribution is 14.1. The highest BCUT2D eigenvalue weighted by atomic mass is 127. The fraction of sp³-hybridized carbons (Fsp3) is 0.188. The molecular formula is C16H14Cl2FIN2O3. The zero-order valence-corrected chi connectivity index (χ0v) is 16.7. The second-order valence-corrected chi connectivity index (χ2v) is 6.89. The first kappa shape index (κ1) is 20.2. The number of carbonyl (C=O) groups excluding carboxylic acids is 1. The number of methoxy groups -OCH3 is 1. The highest BCUT2D eigenvalue weighted by Gasteiger charge is 2.16. The van der Waals surface area contributed by atoms with Gasteiger partial charge >= 0.3 is 0 Å². The number of rotatable bonds is 7. The van der Waals surface area contributed by atoms with Crippen LogP contribution in [0.4, 0.5) is 15.8 Å². The normalized spacial score (nSPS) is 10.6. The number of hydroxylamine groups is 1. The Hall–Kier alpha value is -1.13. The van der Waals surface area contributed by atoms with E-state index in [0.717, 1.165) is 9.64 Å². The van der Waals surface area contributed by atoms with Crippen molar-refractivity contribution in [3.63, 3.8) is 0 Å². The molecule has 5 nitrogen and oxygen atoms in total. The van der Waals surface area contributed by atoms with Crippen LogP contribution in [0, 0.1) is 9.39 Å². The average molecular weight is 499 g/mol. The molecule has 0 aliphatic carbocycles. The first-order valence-electron chi connectivity index (χ1n) is 7.04. The fourth-order valence-corrected chi connectivity index (χ4v) is 2.94. The Morgan fingerprint density at radius 2 is 1.92 bits per heavy atom. The molecule has 2 aromatic carbocycles. The lowest BCUT2D eigenvalue weighted by molar-refractivity contribution is 0.00894. The summed E-state index contributed by atoms with van der Waals surface area (Å²) in [5.41, 5.74) is 3.10. The van der Waals surface area contributed by atoms with Gasteiger partial charge in [0.05, 0.1) is 40.2 Å². The van der Waals surface area contributed by atoms with Crippen molar-refractivity contribution in [2.24, 2.45) is 0 Å². The summed E-state index contributed by atoms with van der Waals surface area (Å²) in [6.07, 6.45) is 0. The van der Waals surface area contributed by atoms with Crippen LogP contribution in [-0.2, 0) is 9.57 Å². The highest BCUT2D eigenvalue weighted by Crippen LogP contribution is 2.31. The largest absolute Gasteiger partial charge is 0.382 e. The number of carbonyl (C=O) groups is 1. The molecule has 0 atom stereocenters. The number of ether oxygens (including phenoxy) is 1. The van der Waals surface area contributed by atoms with Gasteiger partial charge in [-0.2, -0.15) is 0 Å². The number of amides is 1. The fourth-order valence-electron chi connectivity index (χ4n) is 1.87. The zero-order chi connectivity index (χ0) is 18.4. The molecule has 2 N–H and O–H groups in total. The van der Waals surface area contributed by atoms with E-state index in [9.17, 15) is 9.18 Å². The van der Waals surface area contributed by atoms with Gasteiger partial charge in [-0.25, -0.2) is 9.87 Å². The van der Waals surface area contributed by atoms with Crippen LogP contribution in [0.2, 0.25) is 10.0 Å². The molecule has 0 aliphatic rings. The van der Waals surface area contributed by atoms with E-state index in [2.05, 4.69) is 33.4 Å². The van der Waals surface area contributed by atoms with Gasteiger partial charge in [0.25, 0.3) is 5.91 Å². The van der Waals surface area contributed by atoms with E-state index < -0.39 is 11.7 Å². The second kappa shape index (κ2) is 9.54. The monoisotopic (exact) mass is 498 g/mol. The third kappa shape index (κ3) is 5.68. The first-order valence-corrected chi connectivity index (χ1v) is 8.88. The van der Waals surface area contributed by atoms with Crippen molar-refractivity contribution < 1.29 is 18.8 Å². The predicted octanol–water partition coefficient (Wildman–Crippen LogP) is 4.79.